The summed E-state index contributed by atoms with van der Waals surface area (Å²) in [6.45, 7) is 0. The summed E-state index contributed by atoms with van der Waals surface area (Å²) in [6.07, 6.45) is 0. The minimum Gasteiger partial charge on any atom is -0.277 e. The minimum absolute atomic E-state index is 0.649. The molecule has 3 heteroatoms. The minimum atomic E-state index is 0.649. The maximum atomic E-state index is 5.24. The van der Waals surface area contributed by atoms with Crippen LogP contribution in [0.1, 0.15) is 0 Å². The van der Waals surface area contributed by atoms with E-state index in [2.05, 4.69) is 156 Å². The summed E-state index contributed by atoms with van der Waals surface area (Å²) in [7, 11) is 0. The Morgan fingerprint density at radius 3 is 1.44 bits per heavy atom. The fourth-order valence-corrected chi connectivity index (χ4v) is 5.99. The Labute approximate surface area is 250 Å². The molecule has 0 aliphatic heterocycles. The Morgan fingerprint density at radius 1 is 0.372 bits per heavy atom. The van der Waals surface area contributed by atoms with E-state index in [-0.39, 0.29) is 0 Å². The number of para-hydroxylation sites is 1. The van der Waals surface area contributed by atoms with Crippen molar-refractivity contribution in [1.29, 1.82) is 0 Å². The summed E-state index contributed by atoms with van der Waals surface area (Å²) in [6, 6.07) is 57.2. The number of hydrogen-bond acceptors (Lipinski definition) is 2. The molecule has 0 bridgehead atoms. The van der Waals surface area contributed by atoms with Gasteiger partial charge in [0.05, 0.1) is 22.4 Å². The first kappa shape index (κ1) is 25.0. The third-order valence-corrected chi connectivity index (χ3v) is 8.01. The van der Waals surface area contributed by atoms with Crippen molar-refractivity contribution >= 4 is 21.8 Å². The predicted octanol–water partition coefficient (Wildman–Crippen LogP) is 10.2. The molecule has 0 N–H and O–H groups in total. The average molecular weight is 550 g/mol. The lowest BCUT2D eigenvalue weighted by Gasteiger charge is -2.14. The second-order valence-electron chi connectivity index (χ2n) is 10.7. The third-order valence-electron chi connectivity index (χ3n) is 8.01. The maximum Gasteiger partial charge on any atom is 0.235 e. The molecule has 6 aromatic carbocycles. The molecule has 0 saturated heterocycles. The Bertz CT molecular complexity index is 2140. The van der Waals surface area contributed by atoms with E-state index in [1.165, 1.54) is 21.9 Å². The van der Waals surface area contributed by atoms with E-state index in [0.717, 1.165) is 44.7 Å². The molecule has 3 nitrogen and oxygen atoms in total. The number of hydrogen-bond donors (Lipinski definition) is 0. The summed E-state index contributed by atoms with van der Waals surface area (Å²) in [5, 5.41) is 2.34. The van der Waals surface area contributed by atoms with Crippen LogP contribution in [0, 0.1) is 0 Å². The maximum absolute atomic E-state index is 5.24. The molecule has 0 aliphatic carbocycles. The van der Waals surface area contributed by atoms with Crippen molar-refractivity contribution in [2.45, 2.75) is 0 Å². The molecule has 202 valence electrons. The highest BCUT2D eigenvalue weighted by molar-refractivity contribution is 6.15. The van der Waals surface area contributed by atoms with Gasteiger partial charge in [0.15, 0.2) is 0 Å². The fraction of sp³-hybridized carbons (Fsp3) is 0. The van der Waals surface area contributed by atoms with Crippen molar-refractivity contribution in [2.24, 2.45) is 0 Å². The van der Waals surface area contributed by atoms with Gasteiger partial charge in [0.2, 0.25) is 5.95 Å². The summed E-state index contributed by atoms with van der Waals surface area (Å²) in [5.74, 6) is 0.649. The second-order valence-corrected chi connectivity index (χ2v) is 10.7. The highest BCUT2D eigenvalue weighted by atomic mass is 15.2. The van der Waals surface area contributed by atoms with Gasteiger partial charge in [0, 0.05) is 27.5 Å². The van der Waals surface area contributed by atoms with Crippen LogP contribution in [0.25, 0.3) is 72.5 Å². The van der Waals surface area contributed by atoms with E-state index in [1.54, 1.807) is 0 Å². The van der Waals surface area contributed by atoms with Crippen molar-refractivity contribution in [1.82, 2.24) is 14.5 Å². The topological polar surface area (TPSA) is 30.7 Å². The second kappa shape index (κ2) is 10.6. The van der Waals surface area contributed by atoms with Crippen LogP contribution in [0.2, 0.25) is 0 Å². The largest absolute Gasteiger partial charge is 0.277 e. The lowest BCUT2D eigenvalue weighted by Crippen LogP contribution is -2.04. The molecule has 8 aromatic rings. The molecule has 0 aliphatic rings. The molecule has 2 aromatic heterocycles. The Kier molecular flexibility index (Phi) is 6.12. The average Bonchev–Trinajstić information content (AvgIpc) is 3.44. The van der Waals surface area contributed by atoms with Gasteiger partial charge in [-0.05, 0) is 41.0 Å². The Morgan fingerprint density at radius 2 is 0.860 bits per heavy atom. The smallest absolute Gasteiger partial charge is 0.235 e. The SMILES string of the molecule is c1ccc(-c2cc(-c3ccccc3)c3c(c2)c2ccccc2n3-c2nc(-c3ccccc3)cc(-c3ccccc3)n2)cc1. The zero-order valence-electron chi connectivity index (χ0n) is 23.4. The van der Waals surface area contributed by atoms with Gasteiger partial charge >= 0.3 is 0 Å². The van der Waals surface area contributed by atoms with Gasteiger partial charge in [0.1, 0.15) is 0 Å². The van der Waals surface area contributed by atoms with Crippen LogP contribution in [0.5, 0.6) is 0 Å². The van der Waals surface area contributed by atoms with E-state index in [4.69, 9.17) is 9.97 Å². The monoisotopic (exact) mass is 549 g/mol. The van der Waals surface area contributed by atoms with E-state index in [0.29, 0.717) is 5.95 Å². The lowest BCUT2D eigenvalue weighted by molar-refractivity contribution is 0.996. The number of nitrogens with zero attached hydrogens (tertiary/aromatic N) is 3. The first-order valence-corrected chi connectivity index (χ1v) is 14.5. The number of benzene rings is 6. The van der Waals surface area contributed by atoms with E-state index in [1.807, 2.05) is 12.1 Å². The molecular formula is C40H27N3. The third kappa shape index (κ3) is 4.48. The molecule has 0 unspecified atom stereocenters. The molecular weight excluding hydrogens is 522 g/mol. The fourth-order valence-electron chi connectivity index (χ4n) is 5.99. The van der Waals surface area contributed by atoms with Gasteiger partial charge in [-0.1, -0.05) is 140 Å². The summed E-state index contributed by atoms with van der Waals surface area (Å²) in [4.78, 5) is 10.5. The van der Waals surface area contributed by atoms with Crippen molar-refractivity contribution in [3.05, 3.63) is 164 Å². The Balaban J connectivity index is 1.50. The number of rotatable bonds is 5. The highest BCUT2D eigenvalue weighted by Gasteiger charge is 2.21. The molecule has 0 fully saturated rings. The quantitative estimate of drug-likeness (QED) is 0.214. The van der Waals surface area contributed by atoms with Crippen LogP contribution in [0.15, 0.2) is 164 Å². The zero-order chi connectivity index (χ0) is 28.6. The van der Waals surface area contributed by atoms with Crippen LogP contribution in [0.3, 0.4) is 0 Å². The first-order valence-electron chi connectivity index (χ1n) is 14.5. The molecule has 0 atom stereocenters. The lowest BCUT2D eigenvalue weighted by atomic mass is 9.95. The molecule has 0 radical (unpaired) electrons. The normalized spacial score (nSPS) is 11.3. The van der Waals surface area contributed by atoms with Crippen molar-refractivity contribution in [3.8, 4) is 50.7 Å². The van der Waals surface area contributed by atoms with Crippen molar-refractivity contribution < 1.29 is 0 Å². The van der Waals surface area contributed by atoms with E-state index >= 15 is 0 Å². The van der Waals surface area contributed by atoms with Crippen LogP contribution >= 0.6 is 0 Å². The molecule has 43 heavy (non-hydrogen) atoms. The van der Waals surface area contributed by atoms with Gasteiger partial charge in [-0.15, -0.1) is 0 Å². The van der Waals surface area contributed by atoms with Gasteiger partial charge in [-0.25, -0.2) is 9.97 Å². The van der Waals surface area contributed by atoms with Gasteiger partial charge in [0.25, 0.3) is 0 Å². The van der Waals surface area contributed by atoms with Crippen LogP contribution in [0.4, 0.5) is 0 Å². The Hall–Kier alpha value is -5.80. The highest BCUT2D eigenvalue weighted by Crippen LogP contribution is 2.41. The number of aromatic nitrogens is 3. The van der Waals surface area contributed by atoms with E-state index in [9.17, 15) is 0 Å². The molecule has 0 amide bonds. The summed E-state index contributed by atoms with van der Waals surface area (Å²) in [5.41, 5.74) is 10.7. The molecule has 0 spiro atoms. The van der Waals surface area contributed by atoms with Crippen LogP contribution in [-0.2, 0) is 0 Å². The van der Waals surface area contributed by atoms with Gasteiger partial charge < -0.3 is 0 Å². The van der Waals surface area contributed by atoms with Gasteiger partial charge in [-0.2, -0.15) is 0 Å². The van der Waals surface area contributed by atoms with Crippen LogP contribution < -0.4 is 0 Å². The van der Waals surface area contributed by atoms with Crippen LogP contribution in [-0.4, -0.2) is 14.5 Å². The van der Waals surface area contributed by atoms with Crippen molar-refractivity contribution in [3.63, 3.8) is 0 Å². The summed E-state index contributed by atoms with van der Waals surface area (Å²) >= 11 is 0. The van der Waals surface area contributed by atoms with E-state index < -0.39 is 0 Å². The summed E-state index contributed by atoms with van der Waals surface area (Å²) < 4.78 is 2.25. The van der Waals surface area contributed by atoms with Crippen molar-refractivity contribution in [2.75, 3.05) is 0 Å². The number of fused-ring (bicyclic) bond motifs is 3. The molecule has 0 saturated carbocycles. The standard InChI is InChI=1S/C40H27N3/c1-5-15-28(16-6-1)32-25-34(29-17-7-2-8-18-29)39-35(26-32)33-23-13-14-24-38(33)43(39)40-41-36(30-19-9-3-10-20-30)27-37(42-40)31-21-11-4-12-22-31/h1-27H. The zero-order valence-corrected chi connectivity index (χ0v) is 23.4. The first-order chi connectivity index (χ1) is 21.3. The van der Waals surface area contributed by atoms with Gasteiger partial charge in [-0.3, -0.25) is 4.57 Å². The predicted molar refractivity (Wildman–Crippen MR) is 178 cm³/mol. The molecule has 8 rings (SSSR count). The molecule has 2 heterocycles.